The molecule has 2 aromatic rings. The van der Waals surface area contributed by atoms with Gasteiger partial charge in [0.15, 0.2) is 9.84 Å². The molecule has 1 aromatic carbocycles. The first kappa shape index (κ1) is 17.7. The average Bonchev–Trinajstić information content (AvgIpc) is 3.07. The maximum atomic E-state index is 12.5. The van der Waals surface area contributed by atoms with Crippen molar-refractivity contribution in [3.8, 4) is 0 Å². The van der Waals surface area contributed by atoms with E-state index in [-0.39, 0.29) is 23.5 Å². The fraction of sp³-hybridized carbons (Fsp3) is 0.444. The van der Waals surface area contributed by atoms with Crippen molar-refractivity contribution in [2.24, 2.45) is 0 Å². The van der Waals surface area contributed by atoms with Crippen LogP contribution in [0.3, 0.4) is 0 Å². The quantitative estimate of drug-likeness (QED) is 0.881. The number of nitrogens with zero attached hydrogens (tertiary/aromatic N) is 2. The molecule has 1 aliphatic rings. The zero-order valence-corrected chi connectivity index (χ0v) is 15.3. The molecule has 1 fully saturated rings. The molecule has 1 atom stereocenters. The number of amides is 1. The minimum absolute atomic E-state index is 0.101. The lowest BCUT2D eigenvalue weighted by Gasteiger charge is -2.11. The van der Waals surface area contributed by atoms with E-state index in [1.165, 1.54) is 5.56 Å². The first-order chi connectivity index (χ1) is 11.9. The second-order valence-corrected chi connectivity index (χ2v) is 8.77. The highest BCUT2D eigenvalue weighted by atomic mass is 32.2. The molecule has 0 saturated carbocycles. The van der Waals surface area contributed by atoms with E-state index in [0.29, 0.717) is 24.2 Å². The van der Waals surface area contributed by atoms with Gasteiger partial charge in [0.25, 0.3) is 5.91 Å². The van der Waals surface area contributed by atoms with Crippen molar-refractivity contribution >= 4 is 15.7 Å². The molecule has 0 spiro atoms. The molecule has 7 heteroatoms. The Balaban J connectivity index is 1.68. The standard InChI is InChI=1S/C18H23N3O3S/c1-13-17(18(22)19-10-8-15-6-4-3-5-7-15)14(2)21(20-13)16-9-11-25(23,24)12-16/h3-7,16H,8-12H2,1-2H3,(H,19,22). The maximum absolute atomic E-state index is 12.5. The van der Waals surface area contributed by atoms with Crippen LogP contribution in [0.5, 0.6) is 0 Å². The van der Waals surface area contributed by atoms with Crippen LogP contribution in [0, 0.1) is 13.8 Å². The Hall–Kier alpha value is -2.15. The monoisotopic (exact) mass is 361 g/mol. The van der Waals surface area contributed by atoms with Crippen LogP contribution in [0.2, 0.25) is 0 Å². The highest BCUT2D eigenvalue weighted by Gasteiger charge is 2.32. The molecule has 1 amide bonds. The van der Waals surface area contributed by atoms with Crippen LogP contribution < -0.4 is 5.32 Å². The van der Waals surface area contributed by atoms with Crippen LogP contribution in [0.1, 0.15) is 39.8 Å². The second-order valence-electron chi connectivity index (χ2n) is 6.54. The molecule has 2 heterocycles. The molecule has 134 valence electrons. The number of benzene rings is 1. The van der Waals surface area contributed by atoms with Gasteiger partial charge in [0.05, 0.1) is 28.8 Å². The number of hydrogen-bond acceptors (Lipinski definition) is 4. The molecule has 3 rings (SSSR count). The van der Waals surface area contributed by atoms with Gasteiger partial charge in [-0.25, -0.2) is 8.42 Å². The number of sulfone groups is 1. The molecule has 1 N–H and O–H groups in total. The Morgan fingerprint density at radius 2 is 2.00 bits per heavy atom. The predicted molar refractivity (Wildman–Crippen MR) is 96.5 cm³/mol. The van der Waals surface area contributed by atoms with E-state index in [0.717, 1.165) is 12.1 Å². The van der Waals surface area contributed by atoms with Crippen molar-refractivity contribution in [1.29, 1.82) is 0 Å². The van der Waals surface area contributed by atoms with E-state index in [1.807, 2.05) is 37.3 Å². The van der Waals surface area contributed by atoms with E-state index < -0.39 is 9.84 Å². The van der Waals surface area contributed by atoms with Crippen LogP contribution in [0.15, 0.2) is 30.3 Å². The topological polar surface area (TPSA) is 81.1 Å². The molecule has 6 nitrogen and oxygen atoms in total. The first-order valence-electron chi connectivity index (χ1n) is 8.45. The Kier molecular flexibility index (Phi) is 4.94. The Labute approximate surface area is 148 Å². The molecule has 1 saturated heterocycles. The SMILES string of the molecule is Cc1nn(C2CCS(=O)(=O)C2)c(C)c1C(=O)NCCc1ccccc1. The summed E-state index contributed by atoms with van der Waals surface area (Å²) in [6.45, 7) is 4.17. The van der Waals surface area contributed by atoms with Gasteiger partial charge in [-0.2, -0.15) is 5.10 Å². The lowest BCUT2D eigenvalue weighted by atomic mass is 10.1. The van der Waals surface area contributed by atoms with Crippen molar-refractivity contribution in [3.05, 3.63) is 52.8 Å². The van der Waals surface area contributed by atoms with Gasteiger partial charge in [0.2, 0.25) is 0 Å². The highest BCUT2D eigenvalue weighted by Crippen LogP contribution is 2.26. The number of hydrogen-bond donors (Lipinski definition) is 1. The molecular weight excluding hydrogens is 338 g/mol. The summed E-state index contributed by atoms with van der Waals surface area (Å²) in [7, 11) is -2.99. The summed E-state index contributed by atoms with van der Waals surface area (Å²) in [5.74, 6) is 0.136. The van der Waals surface area contributed by atoms with Gasteiger partial charge in [-0.3, -0.25) is 9.48 Å². The fourth-order valence-corrected chi connectivity index (χ4v) is 5.06. The van der Waals surface area contributed by atoms with Gasteiger partial charge >= 0.3 is 0 Å². The summed E-state index contributed by atoms with van der Waals surface area (Å²) >= 11 is 0. The molecular formula is C18H23N3O3S. The van der Waals surface area contributed by atoms with E-state index in [2.05, 4.69) is 10.4 Å². The number of rotatable bonds is 5. The van der Waals surface area contributed by atoms with E-state index in [1.54, 1.807) is 11.6 Å². The Bertz CT molecular complexity index is 872. The van der Waals surface area contributed by atoms with Crippen molar-refractivity contribution in [2.75, 3.05) is 18.1 Å². The van der Waals surface area contributed by atoms with Crippen molar-refractivity contribution in [2.45, 2.75) is 32.7 Å². The molecule has 1 aliphatic heterocycles. The number of carbonyl (C=O) groups is 1. The van der Waals surface area contributed by atoms with E-state index >= 15 is 0 Å². The maximum Gasteiger partial charge on any atom is 0.255 e. The molecule has 0 aliphatic carbocycles. The van der Waals surface area contributed by atoms with E-state index in [4.69, 9.17) is 0 Å². The summed E-state index contributed by atoms with van der Waals surface area (Å²) in [6.07, 6.45) is 1.32. The van der Waals surface area contributed by atoms with Gasteiger partial charge in [0.1, 0.15) is 0 Å². The van der Waals surface area contributed by atoms with Gasteiger partial charge in [0, 0.05) is 12.2 Å². The normalized spacial score (nSPS) is 19.0. The molecule has 25 heavy (non-hydrogen) atoms. The predicted octanol–water partition coefficient (Wildman–Crippen LogP) is 1.83. The van der Waals surface area contributed by atoms with Crippen LogP contribution in [-0.4, -0.2) is 42.2 Å². The fourth-order valence-electron chi connectivity index (χ4n) is 3.37. The minimum atomic E-state index is -2.99. The molecule has 1 unspecified atom stereocenters. The molecule has 1 aromatic heterocycles. The third-order valence-electron chi connectivity index (χ3n) is 4.65. The van der Waals surface area contributed by atoms with Crippen LogP contribution in [0.4, 0.5) is 0 Å². The van der Waals surface area contributed by atoms with Crippen molar-refractivity contribution in [3.63, 3.8) is 0 Å². The molecule has 0 radical (unpaired) electrons. The van der Waals surface area contributed by atoms with Gasteiger partial charge in [-0.1, -0.05) is 30.3 Å². The van der Waals surface area contributed by atoms with Crippen molar-refractivity contribution in [1.82, 2.24) is 15.1 Å². The van der Waals surface area contributed by atoms with Gasteiger partial charge < -0.3 is 5.32 Å². The average molecular weight is 361 g/mol. The third kappa shape index (κ3) is 3.92. The summed E-state index contributed by atoms with van der Waals surface area (Å²) in [4.78, 5) is 12.5. The summed E-state index contributed by atoms with van der Waals surface area (Å²) in [5, 5.41) is 7.38. The minimum Gasteiger partial charge on any atom is -0.352 e. The summed E-state index contributed by atoms with van der Waals surface area (Å²) in [6, 6.07) is 9.81. The first-order valence-corrected chi connectivity index (χ1v) is 10.3. The van der Waals surface area contributed by atoms with Gasteiger partial charge in [-0.05, 0) is 32.3 Å². The Morgan fingerprint density at radius 3 is 2.64 bits per heavy atom. The molecule has 0 bridgehead atoms. The largest absolute Gasteiger partial charge is 0.352 e. The number of carbonyl (C=O) groups excluding carboxylic acids is 1. The summed E-state index contributed by atoms with van der Waals surface area (Å²) < 4.78 is 25.1. The van der Waals surface area contributed by atoms with Crippen LogP contribution >= 0.6 is 0 Å². The Morgan fingerprint density at radius 1 is 1.28 bits per heavy atom. The summed E-state index contributed by atoms with van der Waals surface area (Å²) in [5.41, 5.74) is 3.09. The lowest BCUT2D eigenvalue weighted by Crippen LogP contribution is -2.27. The number of nitrogens with one attached hydrogen (secondary N) is 1. The van der Waals surface area contributed by atoms with Crippen molar-refractivity contribution < 1.29 is 13.2 Å². The zero-order chi connectivity index (χ0) is 18.0. The van der Waals surface area contributed by atoms with Crippen LogP contribution in [-0.2, 0) is 16.3 Å². The number of aromatic nitrogens is 2. The van der Waals surface area contributed by atoms with Crippen LogP contribution in [0.25, 0.3) is 0 Å². The van der Waals surface area contributed by atoms with Gasteiger partial charge in [-0.15, -0.1) is 0 Å². The highest BCUT2D eigenvalue weighted by molar-refractivity contribution is 7.91. The van der Waals surface area contributed by atoms with E-state index in [9.17, 15) is 13.2 Å². The lowest BCUT2D eigenvalue weighted by molar-refractivity contribution is 0.0952. The third-order valence-corrected chi connectivity index (χ3v) is 6.40. The smallest absolute Gasteiger partial charge is 0.255 e. The second kappa shape index (κ2) is 7.00. The number of aryl methyl sites for hydroxylation is 1. The zero-order valence-electron chi connectivity index (χ0n) is 14.5.